The van der Waals surface area contributed by atoms with E-state index in [4.69, 9.17) is 11.6 Å². The largest absolute Gasteiger partial charge is 0.356 e. The highest BCUT2D eigenvalue weighted by Gasteiger charge is 2.06. The highest BCUT2D eigenvalue weighted by molar-refractivity contribution is 14.0. The molecule has 0 radical (unpaired) electrons. The SMILES string of the molecule is CCN(CC)CCCCNC(=NC)N(C)Cc1cccc(Cl)c1.I. The molecule has 0 bridgehead atoms. The van der Waals surface area contributed by atoms with Crippen LogP contribution in [0.5, 0.6) is 0 Å². The zero-order chi connectivity index (χ0) is 17.1. The van der Waals surface area contributed by atoms with Gasteiger partial charge in [0.15, 0.2) is 5.96 Å². The highest BCUT2D eigenvalue weighted by Crippen LogP contribution is 2.12. The van der Waals surface area contributed by atoms with Crippen LogP contribution in [0, 0.1) is 0 Å². The molecule has 4 nitrogen and oxygen atoms in total. The second-order valence-corrected chi connectivity index (χ2v) is 6.13. The van der Waals surface area contributed by atoms with E-state index in [-0.39, 0.29) is 24.0 Å². The zero-order valence-corrected chi connectivity index (χ0v) is 18.5. The highest BCUT2D eigenvalue weighted by atomic mass is 127. The van der Waals surface area contributed by atoms with E-state index < -0.39 is 0 Å². The van der Waals surface area contributed by atoms with Gasteiger partial charge in [-0.15, -0.1) is 24.0 Å². The Hall–Kier alpha value is -0.530. The molecule has 6 heteroatoms. The van der Waals surface area contributed by atoms with Crippen molar-refractivity contribution in [2.45, 2.75) is 33.2 Å². The molecule has 1 aromatic carbocycles. The van der Waals surface area contributed by atoms with E-state index in [1.165, 1.54) is 18.5 Å². The van der Waals surface area contributed by atoms with Crippen molar-refractivity contribution in [3.8, 4) is 0 Å². The Bertz CT molecular complexity index is 478. The number of guanidine groups is 1. The first kappa shape index (κ1) is 23.5. The second-order valence-electron chi connectivity index (χ2n) is 5.69. The van der Waals surface area contributed by atoms with E-state index in [9.17, 15) is 0 Å². The molecule has 0 aliphatic heterocycles. The Kier molecular flexibility index (Phi) is 13.4. The lowest BCUT2D eigenvalue weighted by Crippen LogP contribution is -2.39. The molecular weight excluding hydrogens is 435 g/mol. The lowest BCUT2D eigenvalue weighted by atomic mass is 10.2. The number of nitrogens with zero attached hydrogens (tertiary/aromatic N) is 3. The van der Waals surface area contributed by atoms with Crippen LogP contribution < -0.4 is 5.32 Å². The summed E-state index contributed by atoms with van der Waals surface area (Å²) in [6.07, 6.45) is 2.37. The number of nitrogens with one attached hydrogen (secondary N) is 1. The van der Waals surface area contributed by atoms with Crippen LogP contribution in [-0.4, -0.2) is 56.0 Å². The molecule has 24 heavy (non-hydrogen) atoms. The van der Waals surface area contributed by atoms with Gasteiger partial charge in [0.2, 0.25) is 0 Å². The summed E-state index contributed by atoms with van der Waals surface area (Å²) in [7, 11) is 3.87. The maximum atomic E-state index is 6.04. The van der Waals surface area contributed by atoms with E-state index in [1.54, 1.807) is 0 Å². The number of halogens is 2. The maximum Gasteiger partial charge on any atom is 0.193 e. The van der Waals surface area contributed by atoms with E-state index in [0.717, 1.165) is 43.6 Å². The summed E-state index contributed by atoms with van der Waals surface area (Å²) in [4.78, 5) is 8.94. The maximum absolute atomic E-state index is 6.04. The molecule has 138 valence electrons. The summed E-state index contributed by atoms with van der Waals surface area (Å²) in [6, 6.07) is 7.96. The topological polar surface area (TPSA) is 30.9 Å². The number of hydrogen-bond acceptors (Lipinski definition) is 2. The van der Waals surface area contributed by atoms with Gasteiger partial charge in [0.05, 0.1) is 0 Å². The van der Waals surface area contributed by atoms with Gasteiger partial charge in [-0.05, 0) is 50.2 Å². The first-order valence-electron chi connectivity index (χ1n) is 8.49. The Balaban J connectivity index is 0.00000529. The van der Waals surface area contributed by atoms with Crippen molar-refractivity contribution in [3.05, 3.63) is 34.9 Å². The Morgan fingerprint density at radius 1 is 1.21 bits per heavy atom. The van der Waals surface area contributed by atoms with Gasteiger partial charge >= 0.3 is 0 Å². The van der Waals surface area contributed by atoms with Gasteiger partial charge in [-0.2, -0.15) is 0 Å². The lowest BCUT2D eigenvalue weighted by Gasteiger charge is -2.22. The number of aliphatic imine (C=N–C) groups is 1. The fourth-order valence-corrected chi connectivity index (χ4v) is 2.78. The van der Waals surface area contributed by atoms with Crippen LogP contribution >= 0.6 is 35.6 Å². The zero-order valence-electron chi connectivity index (χ0n) is 15.4. The minimum atomic E-state index is 0. The molecule has 0 heterocycles. The van der Waals surface area contributed by atoms with Crippen LogP contribution in [0.2, 0.25) is 5.02 Å². The molecule has 0 amide bonds. The van der Waals surface area contributed by atoms with Crippen molar-refractivity contribution in [2.75, 3.05) is 40.3 Å². The molecule has 0 atom stereocenters. The third kappa shape index (κ3) is 9.08. The molecule has 0 aliphatic rings. The van der Waals surface area contributed by atoms with Gasteiger partial charge in [-0.1, -0.05) is 37.6 Å². The smallest absolute Gasteiger partial charge is 0.193 e. The first-order valence-corrected chi connectivity index (χ1v) is 8.87. The van der Waals surface area contributed by atoms with Crippen molar-refractivity contribution >= 4 is 41.5 Å². The van der Waals surface area contributed by atoms with Gasteiger partial charge in [-0.3, -0.25) is 4.99 Å². The van der Waals surface area contributed by atoms with Crippen molar-refractivity contribution in [1.82, 2.24) is 15.1 Å². The number of benzene rings is 1. The molecule has 0 spiro atoms. The summed E-state index contributed by atoms with van der Waals surface area (Å²) in [6.45, 7) is 9.61. The Morgan fingerprint density at radius 3 is 2.50 bits per heavy atom. The van der Waals surface area contributed by atoms with Gasteiger partial charge < -0.3 is 15.1 Å². The van der Waals surface area contributed by atoms with Gasteiger partial charge in [0.25, 0.3) is 0 Å². The van der Waals surface area contributed by atoms with Crippen LogP contribution in [0.15, 0.2) is 29.3 Å². The molecule has 0 saturated carbocycles. The van der Waals surface area contributed by atoms with Crippen LogP contribution in [0.4, 0.5) is 0 Å². The van der Waals surface area contributed by atoms with Crippen molar-refractivity contribution < 1.29 is 0 Å². The van der Waals surface area contributed by atoms with E-state index >= 15 is 0 Å². The Labute approximate surface area is 169 Å². The molecule has 0 aliphatic carbocycles. The summed E-state index contributed by atoms with van der Waals surface area (Å²) < 4.78 is 0. The first-order chi connectivity index (χ1) is 11.1. The monoisotopic (exact) mass is 466 g/mol. The van der Waals surface area contributed by atoms with Gasteiger partial charge in [0.1, 0.15) is 0 Å². The number of hydrogen-bond donors (Lipinski definition) is 1. The van der Waals surface area contributed by atoms with E-state index in [0.29, 0.717) is 0 Å². The lowest BCUT2D eigenvalue weighted by molar-refractivity contribution is 0.297. The summed E-state index contributed by atoms with van der Waals surface area (Å²) >= 11 is 6.04. The van der Waals surface area contributed by atoms with Crippen molar-refractivity contribution in [3.63, 3.8) is 0 Å². The summed E-state index contributed by atoms with van der Waals surface area (Å²) in [5.41, 5.74) is 1.18. The minimum Gasteiger partial charge on any atom is -0.356 e. The Morgan fingerprint density at radius 2 is 1.92 bits per heavy atom. The normalized spacial score (nSPS) is 11.3. The molecule has 1 N–H and O–H groups in total. The number of rotatable bonds is 9. The van der Waals surface area contributed by atoms with Crippen LogP contribution in [0.1, 0.15) is 32.3 Å². The summed E-state index contributed by atoms with van der Waals surface area (Å²) in [5.74, 6) is 0.924. The van der Waals surface area contributed by atoms with E-state index in [1.807, 2.05) is 32.3 Å². The average Bonchev–Trinajstić information content (AvgIpc) is 2.54. The van der Waals surface area contributed by atoms with Crippen LogP contribution in [0.25, 0.3) is 0 Å². The summed E-state index contributed by atoms with van der Waals surface area (Å²) in [5, 5.41) is 4.21. The quantitative estimate of drug-likeness (QED) is 0.257. The minimum absolute atomic E-state index is 0. The molecular formula is C18H32ClIN4. The van der Waals surface area contributed by atoms with Crippen LogP contribution in [-0.2, 0) is 6.54 Å². The van der Waals surface area contributed by atoms with E-state index in [2.05, 4.69) is 40.0 Å². The third-order valence-corrected chi connectivity index (χ3v) is 4.20. The fraction of sp³-hybridized carbons (Fsp3) is 0.611. The average molecular weight is 467 g/mol. The molecule has 0 saturated heterocycles. The van der Waals surface area contributed by atoms with Crippen LogP contribution in [0.3, 0.4) is 0 Å². The van der Waals surface area contributed by atoms with Crippen molar-refractivity contribution in [2.24, 2.45) is 4.99 Å². The third-order valence-electron chi connectivity index (χ3n) is 3.96. The van der Waals surface area contributed by atoms with Gasteiger partial charge in [0, 0.05) is 32.2 Å². The second kappa shape index (κ2) is 13.7. The molecule has 1 aromatic rings. The fourth-order valence-electron chi connectivity index (χ4n) is 2.57. The predicted molar refractivity (Wildman–Crippen MR) is 117 cm³/mol. The molecule has 0 fully saturated rings. The number of unbranched alkanes of at least 4 members (excludes halogenated alkanes) is 1. The molecule has 1 rings (SSSR count). The standard InChI is InChI=1S/C18H31ClN4.HI/c1-5-23(6-2)13-8-7-12-21-18(20-3)22(4)15-16-10-9-11-17(19)14-16;/h9-11,14H,5-8,12-13,15H2,1-4H3,(H,20,21);1H. The predicted octanol–water partition coefficient (Wildman–Crippen LogP) is 4.09. The molecule has 0 unspecified atom stereocenters. The molecule has 0 aromatic heterocycles. The van der Waals surface area contributed by atoms with Crippen molar-refractivity contribution in [1.29, 1.82) is 0 Å². The van der Waals surface area contributed by atoms with Gasteiger partial charge in [-0.25, -0.2) is 0 Å².